The number of ether oxygens (including phenoxy) is 1. The molecule has 1 aromatic carbocycles. The summed E-state index contributed by atoms with van der Waals surface area (Å²) in [5.74, 6) is 1.66. The molecule has 23 heavy (non-hydrogen) atoms. The van der Waals surface area contributed by atoms with Gasteiger partial charge in [-0.1, -0.05) is 18.2 Å². The zero-order valence-electron chi connectivity index (χ0n) is 13.5. The highest BCUT2D eigenvalue weighted by Gasteiger charge is 2.25. The average molecular weight is 311 g/mol. The average Bonchev–Trinajstić information content (AvgIpc) is 2.59. The fourth-order valence-electron chi connectivity index (χ4n) is 2.65. The van der Waals surface area contributed by atoms with Gasteiger partial charge in [0.15, 0.2) is 0 Å². The third kappa shape index (κ3) is 3.62. The highest BCUT2D eigenvalue weighted by molar-refractivity contribution is 5.79. The van der Waals surface area contributed by atoms with E-state index in [2.05, 4.69) is 10.3 Å². The Bertz CT molecular complexity index is 700. The lowest BCUT2D eigenvalue weighted by molar-refractivity contribution is -0.126. The van der Waals surface area contributed by atoms with Gasteiger partial charge >= 0.3 is 0 Å². The minimum absolute atomic E-state index is 0.0303. The van der Waals surface area contributed by atoms with Crippen molar-refractivity contribution in [3.05, 3.63) is 53.7 Å². The maximum atomic E-state index is 12.4. The highest BCUT2D eigenvalue weighted by Crippen LogP contribution is 2.26. The summed E-state index contributed by atoms with van der Waals surface area (Å²) in [4.78, 5) is 18.6. The number of hydrogen-bond acceptors (Lipinski definition) is 4. The second kappa shape index (κ2) is 6.69. The van der Waals surface area contributed by atoms with E-state index in [0.29, 0.717) is 13.2 Å². The van der Waals surface area contributed by atoms with E-state index in [0.717, 1.165) is 29.1 Å². The van der Waals surface area contributed by atoms with Crippen LogP contribution in [0.4, 0.5) is 5.82 Å². The van der Waals surface area contributed by atoms with Crippen molar-refractivity contribution < 1.29 is 9.53 Å². The van der Waals surface area contributed by atoms with E-state index in [-0.39, 0.29) is 11.8 Å². The number of carbonyl (C=O) groups is 1. The molecule has 1 aliphatic rings. The molecule has 1 aliphatic heterocycles. The quantitative estimate of drug-likeness (QED) is 0.938. The molecule has 120 valence electrons. The van der Waals surface area contributed by atoms with Crippen molar-refractivity contribution in [1.29, 1.82) is 0 Å². The van der Waals surface area contributed by atoms with Crippen LogP contribution >= 0.6 is 0 Å². The van der Waals surface area contributed by atoms with Crippen molar-refractivity contribution in [2.24, 2.45) is 5.92 Å². The van der Waals surface area contributed by atoms with Gasteiger partial charge in [0, 0.05) is 26.8 Å². The van der Waals surface area contributed by atoms with Crippen LogP contribution in [0.1, 0.15) is 11.1 Å². The molecular weight excluding hydrogens is 290 g/mol. The molecule has 3 rings (SSSR count). The summed E-state index contributed by atoms with van der Waals surface area (Å²) in [6.07, 6.45) is 2.48. The normalized spacial score (nSPS) is 16.2. The fourth-order valence-corrected chi connectivity index (χ4v) is 2.65. The Morgan fingerprint density at radius 3 is 3.00 bits per heavy atom. The molecule has 2 aromatic rings. The number of nitrogens with one attached hydrogen (secondary N) is 1. The molecule has 0 unspecified atom stereocenters. The van der Waals surface area contributed by atoms with Gasteiger partial charge in [-0.3, -0.25) is 4.79 Å². The number of hydrogen-bond donors (Lipinski definition) is 1. The molecule has 0 bridgehead atoms. The minimum atomic E-state index is -0.139. The van der Waals surface area contributed by atoms with Crippen LogP contribution in [0.25, 0.3) is 0 Å². The summed E-state index contributed by atoms with van der Waals surface area (Å²) >= 11 is 0. The Balaban J connectivity index is 1.59. The first kappa shape index (κ1) is 15.3. The second-order valence-corrected chi connectivity index (χ2v) is 5.95. The monoisotopic (exact) mass is 311 g/mol. The first-order valence-electron chi connectivity index (χ1n) is 7.74. The van der Waals surface area contributed by atoms with Crippen LogP contribution in [0.3, 0.4) is 0 Å². The number of aromatic nitrogens is 1. The van der Waals surface area contributed by atoms with Crippen molar-refractivity contribution in [1.82, 2.24) is 10.3 Å². The summed E-state index contributed by atoms with van der Waals surface area (Å²) in [5.41, 5.74) is 2.13. The predicted molar refractivity (Wildman–Crippen MR) is 89.5 cm³/mol. The Kier molecular flexibility index (Phi) is 4.46. The summed E-state index contributed by atoms with van der Waals surface area (Å²) in [7, 11) is 3.89. The lowest BCUT2D eigenvalue weighted by Crippen LogP contribution is -2.37. The molecule has 1 N–H and O–H groups in total. The Morgan fingerprint density at radius 1 is 1.35 bits per heavy atom. The lowest BCUT2D eigenvalue weighted by Gasteiger charge is -2.24. The van der Waals surface area contributed by atoms with Gasteiger partial charge < -0.3 is 15.0 Å². The number of nitrogens with zero attached hydrogens (tertiary/aromatic N) is 2. The third-order valence-corrected chi connectivity index (χ3v) is 3.98. The SMILES string of the molecule is CN(C)c1cc(CNC(=O)[C@@H]2COc3ccccc3C2)ccn1. The molecule has 0 saturated carbocycles. The third-order valence-electron chi connectivity index (χ3n) is 3.98. The molecule has 5 heteroatoms. The van der Waals surface area contributed by atoms with Crippen molar-refractivity contribution in [3.8, 4) is 5.75 Å². The Morgan fingerprint density at radius 2 is 2.17 bits per heavy atom. The molecule has 0 fully saturated rings. The lowest BCUT2D eigenvalue weighted by atomic mass is 9.96. The number of fused-ring (bicyclic) bond motifs is 1. The number of rotatable bonds is 4. The zero-order chi connectivity index (χ0) is 16.2. The van der Waals surface area contributed by atoms with Crippen LogP contribution in [-0.4, -0.2) is 31.6 Å². The van der Waals surface area contributed by atoms with E-state index in [1.54, 1.807) is 6.20 Å². The number of anilines is 1. The van der Waals surface area contributed by atoms with E-state index in [4.69, 9.17) is 4.74 Å². The maximum Gasteiger partial charge on any atom is 0.227 e. The number of para-hydroxylation sites is 1. The molecule has 5 nitrogen and oxygen atoms in total. The second-order valence-electron chi connectivity index (χ2n) is 5.95. The standard InChI is InChI=1S/C18H21N3O2/c1-21(2)17-9-13(7-8-19-17)11-20-18(22)15-10-14-5-3-4-6-16(14)23-12-15/h3-9,15H,10-12H2,1-2H3,(H,20,22)/t15-/m0/s1. The predicted octanol–water partition coefficient (Wildman–Crippen LogP) is 2.02. The van der Waals surface area contributed by atoms with Crippen LogP contribution in [0.15, 0.2) is 42.6 Å². The van der Waals surface area contributed by atoms with Crippen molar-refractivity contribution >= 4 is 11.7 Å². The van der Waals surface area contributed by atoms with Crippen LogP contribution in [0.5, 0.6) is 5.75 Å². The van der Waals surface area contributed by atoms with E-state index in [1.165, 1.54) is 0 Å². The number of amides is 1. The molecule has 1 amide bonds. The zero-order valence-corrected chi connectivity index (χ0v) is 13.5. The van der Waals surface area contributed by atoms with Crippen LogP contribution < -0.4 is 15.0 Å². The van der Waals surface area contributed by atoms with Crippen molar-refractivity contribution in [2.75, 3.05) is 25.6 Å². The highest BCUT2D eigenvalue weighted by atomic mass is 16.5. The molecule has 0 spiro atoms. The van der Waals surface area contributed by atoms with Crippen molar-refractivity contribution in [3.63, 3.8) is 0 Å². The summed E-state index contributed by atoms with van der Waals surface area (Å²) in [5, 5.41) is 3.00. The summed E-state index contributed by atoms with van der Waals surface area (Å²) < 4.78 is 5.68. The topological polar surface area (TPSA) is 54.5 Å². The maximum absolute atomic E-state index is 12.4. The molecule has 2 heterocycles. The number of benzene rings is 1. The minimum Gasteiger partial charge on any atom is -0.492 e. The molecule has 1 atom stereocenters. The molecule has 0 aliphatic carbocycles. The first-order chi connectivity index (χ1) is 11.1. The van der Waals surface area contributed by atoms with E-state index >= 15 is 0 Å². The van der Waals surface area contributed by atoms with Crippen LogP contribution in [0.2, 0.25) is 0 Å². The van der Waals surface area contributed by atoms with Gasteiger partial charge in [0.1, 0.15) is 18.2 Å². The van der Waals surface area contributed by atoms with Crippen LogP contribution in [-0.2, 0) is 17.8 Å². The smallest absolute Gasteiger partial charge is 0.227 e. The van der Waals surface area contributed by atoms with Gasteiger partial charge in [0.25, 0.3) is 0 Å². The summed E-state index contributed by atoms with van der Waals surface area (Å²) in [6.45, 7) is 0.933. The summed E-state index contributed by atoms with van der Waals surface area (Å²) in [6, 6.07) is 11.8. The van der Waals surface area contributed by atoms with Gasteiger partial charge in [-0.05, 0) is 35.7 Å². The van der Waals surface area contributed by atoms with Gasteiger partial charge in [0.05, 0.1) is 5.92 Å². The van der Waals surface area contributed by atoms with Crippen molar-refractivity contribution in [2.45, 2.75) is 13.0 Å². The molecule has 1 aromatic heterocycles. The number of pyridine rings is 1. The Labute approximate surface area is 136 Å². The first-order valence-corrected chi connectivity index (χ1v) is 7.74. The van der Waals surface area contributed by atoms with Gasteiger partial charge in [-0.25, -0.2) is 4.98 Å². The largest absolute Gasteiger partial charge is 0.492 e. The van der Waals surface area contributed by atoms with E-state index in [9.17, 15) is 4.79 Å². The number of carbonyl (C=O) groups excluding carboxylic acids is 1. The molecule has 0 radical (unpaired) electrons. The fraction of sp³-hybridized carbons (Fsp3) is 0.333. The van der Waals surface area contributed by atoms with Crippen LogP contribution in [0, 0.1) is 5.92 Å². The van der Waals surface area contributed by atoms with Gasteiger partial charge in [0.2, 0.25) is 5.91 Å². The molecular formula is C18H21N3O2. The van der Waals surface area contributed by atoms with Gasteiger partial charge in [-0.2, -0.15) is 0 Å². The Hall–Kier alpha value is -2.56. The molecule has 0 saturated heterocycles. The van der Waals surface area contributed by atoms with Gasteiger partial charge in [-0.15, -0.1) is 0 Å². The van der Waals surface area contributed by atoms with E-state index < -0.39 is 0 Å². The van der Waals surface area contributed by atoms with E-state index in [1.807, 2.05) is 55.4 Å².